The first-order chi connectivity index (χ1) is 14.1. The second-order valence-corrected chi connectivity index (χ2v) is 7.34. The van der Waals surface area contributed by atoms with Crippen LogP contribution in [0, 0.1) is 5.82 Å². The molecule has 4 rings (SSSR count). The van der Waals surface area contributed by atoms with E-state index >= 15 is 0 Å². The van der Waals surface area contributed by atoms with Gasteiger partial charge >= 0.3 is 0 Å². The minimum absolute atomic E-state index is 0.102. The van der Waals surface area contributed by atoms with Crippen LogP contribution in [0.3, 0.4) is 0 Å². The number of benzene rings is 3. The number of rotatable bonds is 5. The highest BCUT2D eigenvalue weighted by Gasteiger charge is 2.11. The number of carbonyl (C=O) groups excluding carboxylic acids is 1. The SMILES string of the molecule is O=C(/C=C\c1cn(-c2ccccc2)nc1-c1ccc(F)cc1)c1ccc(Br)cc1. The molecule has 1 aromatic heterocycles. The van der Waals surface area contributed by atoms with Crippen molar-refractivity contribution in [2.24, 2.45) is 0 Å². The molecule has 3 nitrogen and oxygen atoms in total. The van der Waals surface area contributed by atoms with Crippen molar-refractivity contribution in [2.45, 2.75) is 0 Å². The maximum atomic E-state index is 13.4. The van der Waals surface area contributed by atoms with E-state index in [0.29, 0.717) is 11.3 Å². The molecule has 0 fully saturated rings. The van der Waals surface area contributed by atoms with Crippen LogP contribution >= 0.6 is 15.9 Å². The number of hydrogen-bond acceptors (Lipinski definition) is 2. The van der Waals surface area contributed by atoms with Crippen molar-refractivity contribution in [3.63, 3.8) is 0 Å². The second-order valence-electron chi connectivity index (χ2n) is 6.42. The van der Waals surface area contributed by atoms with Crippen LogP contribution in [-0.4, -0.2) is 15.6 Å². The largest absolute Gasteiger partial charge is 0.289 e. The van der Waals surface area contributed by atoms with E-state index < -0.39 is 0 Å². The van der Waals surface area contributed by atoms with Gasteiger partial charge in [-0.25, -0.2) is 9.07 Å². The zero-order chi connectivity index (χ0) is 20.2. The lowest BCUT2D eigenvalue weighted by Crippen LogP contribution is -1.94. The van der Waals surface area contributed by atoms with E-state index in [0.717, 1.165) is 21.3 Å². The fourth-order valence-corrected chi connectivity index (χ4v) is 3.19. The molecule has 0 radical (unpaired) electrons. The summed E-state index contributed by atoms with van der Waals surface area (Å²) in [6.07, 6.45) is 5.14. The zero-order valence-electron chi connectivity index (χ0n) is 15.3. The number of nitrogens with zero attached hydrogens (tertiary/aromatic N) is 2. The van der Waals surface area contributed by atoms with E-state index in [1.54, 1.807) is 35.0 Å². The van der Waals surface area contributed by atoms with Crippen molar-refractivity contribution in [1.29, 1.82) is 0 Å². The molecule has 29 heavy (non-hydrogen) atoms. The predicted octanol–water partition coefficient (Wildman–Crippen LogP) is 6.34. The lowest BCUT2D eigenvalue weighted by atomic mass is 10.1. The lowest BCUT2D eigenvalue weighted by Gasteiger charge is -2.00. The Morgan fingerprint density at radius 1 is 0.931 bits per heavy atom. The van der Waals surface area contributed by atoms with Crippen LogP contribution in [-0.2, 0) is 0 Å². The van der Waals surface area contributed by atoms with E-state index in [1.807, 2.05) is 48.7 Å². The third-order valence-corrected chi connectivity index (χ3v) is 4.95. The van der Waals surface area contributed by atoms with Gasteiger partial charge in [-0.05, 0) is 72.8 Å². The highest BCUT2D eigenvalue weighted by Crippen LogP contribution is 2.25. The van der Waals surface area contributed by atoms with E-state index in [9.17, 15) is 9.18 Å². The van der Waals surface area contributed by atoms with Crippen LogP contribution in [0.15, 0.2) is 95.6 Å². The average Bonchev–Trinajstić information content (AvgIpc) is 3.18. The summed E-state index contributed by atoms with van der Waals surface area (Å²) in [6, 6.07) is 23.1. The Balaban J connectivity index is 1.72. The quantitative estimate of drug-likeness (QED) is 0.265. The van der Waals surface area contributed by atoms with Gasteiger partial charge in [-0.1, -0.05) is 34.1 Å². The molecular formula is C24H16BrFN2O. The minimum Gasteiger partial charge on any atom is -0.289 e. The monoisotopic (exact) mass is 446 g/mol. The first kappa shape index (κ1) is 19.0. The summed E-state index contributed by atoms with van der Waals surface area (Å²) in [5.41, 5.74) is 3.72. The van der Waals surface area contributed by atoms with Gasteiger partial charge < -0.3 is 0 Å². The van der Waals surface area contributed by atoms with Crippen molar-refractivity contribution in [1.82, 2.24) is 9.78 Å². The number of hydrogen-bond donors (Lipinski definition) is 0. The molecule has 0 N–H and O–H groups in total. The van der Waals surface area contributed by atoms with Gasteiger partial charge in [-0.2, -0.15) is 5.10 Å². The molecule has 0 unspecified atom stereocenters. The van der Waals surface area contributed by atoms with Crippen molar-refractivity contribution in [3.05, 3.63) is 113 Å². The topological polar surface area (TPSA) is 34.9 Å². The third kappa shape index (κ3) is 4.41. The lowest BCUT2D eigenvalue weighted by molar-refractivity contribution is 0.104. The first-order valence-corrected chi connectivity index (χ1v) is 9.78. The predicted molar refractivity (Wildman–Crippen MR) is 116 cm³/mol. The third-order valence-electron chi connectivity index (χ3n) is 4.42. The van der Waals surface area contributed by atoms with Gasteiger partial charge in [0.15, 0.2) is 5.78 Å². The summed E-state index contributed by atoms with van der Waals surface area (Å²) < 4.78 is 16.0. The first-order valence-electron chi connectivity index (χ1n) is 8.99. The van der Waals surface area contributed by atoms with E-state index in [4.69, 9.17) is 0 Å². The highest BCUT2D eigenvalue weighted by molar-refractivity contribution is 9.10. The molecular weight excluding hydrogens is 431 g/mol. The Hall–Kier alpha value is -3.31. The number of ketones is 1. The summed E-state index contributed by atoms with van der Waals surface area (Å²) in [5, 5.41) is 4.67. The molecule has 0 aliphatic rings. The average molecular weight is 447 g/mol. The Morgan fingerprint density at radius 3 is 2.31 bits per heavy atom. The Bertz CT molecular complexity index is 1160. The highest BCUT2D eigenvalue weighted by atomic mass is 79.9. The van der Waals surface area contributed by atoms with Crippen LogP contribution in [0.25, 0.3) is 23.0 Å². The molecule has 0 aliphatic heterocycles. The molecule has 0 spiro atoms. The smallest absolute Gasteiger partial charge is 0.185 e. The Kier molecular flexibility index (Phi) is 5.49. The van der Waals surface area contributed by atoms with E-state index in [1.165, 1.54) is 18.2 Å². The summed E-state index contributed by atoms with van der Waals surface area (Å²) in [6.45, 7) is 0. The fraction of sp³-hybridized carbons (Fsp3) is 0. The van der Waals surface area contributed by atoms with E-state index in [-0.39, 0.29) is 11.6 Å². The molecule has 0 atom stereocenters. The Morgan fingerprint density at radius 2 is 1.62 bits per heavy atom. The van der Waals surface area contributed by atoms with Gasteiger partial charge in [0.25, 0.3) is 0 Å². The van der Waals surface area contributed by atoms with Crippen LogP contribution in [0.5, 0.6) is 0 Å². The van der Waals surface area contributed by atoms with Gasteiger partial charge in [0.2, 0.25) is 0 Å². The standard InChI is InChI=1S/C24H16BrFN2O/c25-20-11-6-17(7-12-20)23(29)15-10-19-16-28(22-4-2-1-3-5-22)27-24(19)18-8-13-21(26)14-9-18/h1-16H/b15-10-. The normalized spacial score (nSPS) is 11.1. The molecule has 1 heterocycles. The van der Waals surface area contributed by atoms with Crippen LogP contribution in [0.4, 0.5) is 4.39 Å². The molecule has 0 amide bonds. The van der Waals surface area contributed by atoms with E-state index in [2.05, 4.69) is 21.0 Å². The summed E-state index contributed by atoms with van der Waals surface area (Å²) >= 11 is 3.37. The molecule has 3 aromatic carbocycles. The van der Waals surface area contributed by atoms with Gasteiger partial charge in [0, 0.05) is 27.4 Å². The summed E-state index contributed by atoms with van der Waals surface area (Å²) in [7, 11) is 0. The van der Waals surface area contributed by atoms with Gasteiger partial charge in [0.05, 0.1) is 11.4 Å². The molecule has 142 valence electrons. The number of carbonyl (C=O) groups is 1. The van der Waals surface area contributed by atoms with Crippen LogP contribution < -0.4 is 0 Å². The van der Waals surface area contributed by atoms with Crippen LogP contribution in [0.2, 0.25) is 0 Å². The molecule has 0 saturated carbocycles. The number of para-hydroxylation sites is 1. The van der Waals surface area contributed by atoms with Crippen LogP contribution in [0.1, 0.15) is 15.9 Å². The summed E-state index contributed by atoms with van der Waals surface area (Å²) in [5.74, 6) is -0.409. The zero-order valence-corrected chi connectivity index (χ0v) is 16.9. The number of halogens is 2. The maximum absolute atomic E-state index is 13.4. The molecule has 0 saturated heterocycles. The molecule has 4 aromatic rings. The van der Waals surface area contributed by atoms with Crippen molar-refractivity contribution in [2.75, 3.05) is 0 Å². The second kappa shape index (κ2) is 8.37. The molecule has 5 heteroatoms. The Labute approximate surface area is 176 Å². The van der Waals surface area contributed by atoms with Gasteiger partial charge in [-0.15, -0.1) is 0 Å². The fourth-order valence-electron chi connectivity index (χ4n) is 2.93. The number of allylic oxidation sites excluding steroid dienone is 1. The molecule has 0 bridgehead atoms. The summed E-state index contributed by atoms with van der Waals surface area (Å²) in [4.78, 5) is 12.5. The minimum atomic E-state index is -0.307. The maximum Gasteiger partial charge on any atom is 0.185 e. The van der Waals surface area contributed by atoms with Gasteiger partial charge in [-0.3, -0.25) is 4.79 Å². The van der Waals surface area contributed by atoms with Crippen molar-refractivity contribution < 1.29 is 9.18 Å². The van der Waals surface area contributed by atoms with Gasteiger partial charge in [0.1, 0.15) is 5.82 Å². The number of aromatic nitrogens is 2. The van der Waals surface area contributed by atoms with Crippen molar-refractivity contribution >= 4 is 27.8 Å². The molecule has 0 aliphatic carbocycles. The van der Waals surface area contributed by atoms with Crippen molar-refractivity contribution in [3.8, 4) is 16.9 Å².